The molecule has 14 heavy (non-hydrogen) atoms. The molecule has 0 spiro atoms. The van der Waals surface area contributed by atoms with E-state index in [1.165, 1.54) is 0 Å². The maximum absolute atomic E-state index is 10.6. The fourth-order valence-corrected chi connectivity index (χ4v) is 1.46. The highest BCUT2D eigenvalue weighted by molar-refractivity contribution is 6.31. The van der Waals surface area contributed by atoms with Gasteiger partial charge in [-0.1, -0.05) is 11.6 Å². The second kappa shape index (κ2) is 3.64. The molecule has 3 nitrogen and oxygen atoms in total. The molecule has 4 heteroatoms. The Bertz CT molecular complexity index is 451. The standard InChI is InChI=1S/C10H7ClN2O/c11-9-3-8(6-14)4-10(5-9)13-2-1-12-7-13/h1-7H. The van der Waals surface area contributed by atoms with Crippen molar-refractivity contribution in [3.05, 3.63) is 47.5 Å². The number of hydrogen-bond acceptors (Lipinski definition) is 2. The lowest BCUT2D eigenvalue weighted by molar-refractivity contribution is 0.112. The summed E-state index contributed by atoms with van der Waals surface area (Å²) in [6, 6.07) is 5.14. The predicted octanol–water partition coefficient (Wildman–Crippen LogP) is 2.34. The molecule has 1 heterocycles. The number of imidazole rings is 1. The molecule has 0 saturated heterocycles. The molecule has 0 saturated carbocycles. The van der Waals surface area contributed by atoms with Crippen molar-refractivity contribution in [3.63, 3.8) is 0 Å². The number of aromatic nitrogens is 2. The zero-order chi connectivity index (χ0) is 9.97. The van der Waals surface area contributed by atoms with Crippen LogP contribution in [0.1, 0.15) is 10.4 Å². The fourth-order valence-electron chi connectivity index (χ4n) is 1.23. The molecule has 70 valence electrons. The van der Waals surface area contributed by atoms with Crippen LogP contribution in [0.5, 0.6) is 0 Å². The molecule has 2 rings (SSSR count). The van der Waals surface area contributed by atoms with E-state index >= 15 is 0 Å². The first-order valence-electron chi connectivity index (χ1n) is 4.04. The number of rotatable bonds is 2. The Morgan fingerprint density at radius 1 is 1.36 bits per heavy atom. The van der Waals surface area contributed by atoms with Crippen molar-refractivity contribution in [3.8, 4) is 5.69 Å². The van der Waals surface area contributed by atoms with E-state index in [0.29, 0.717) is 10.6 Å². The summed E-state index contributed by atoms with van der Waals surface area (Å²) in [4.78, 5) is 14.5. The van der Waals surface area contributed by atoms with Crippen LogP contribution < -0.4 is 0 Å². The van der Waals surface area contributed by atoms with Crippen molar-refractivity contribution in [1.29, 1.82) is 0 Å². The van der Waals surface area contributed by atoms with Crippen LogP contribution in [-0.4, -0.2) is 15.8 Å². The maximum Gasteiger partial charge on any atom is 0.150 e. The molecule has 0 radical (unpaired) electrons. The van der Waals surface area contributed by atoms with Crippen LogP contribution in [-0.2, 0) is 0 Å². The largest absolute Gasteiger partial charge is 0.306 e. The number of carbonyl (C=O) groups excluding carboxylic acids is 1. The maximum atomic E-state index is 10.6. The molecule has 0 aliphatic carbocycles. The highest BCUT2D eigenvalue weighted by Gasteiger charge is 2.00. The van der Waals surface area contributed by atoms with Crippen molar-refractivity contribution in [1.82, 2.24) is 9.55 Å². The second-order valence-corrected chi connectivity index (χ2v) is 3.27. The van der Waals surface area contributed by atoms with Gasteiger partial charge in [-0.25, -0.2) is 4.98 Å². The van der Waals surface area contributed by atoms with Gasteiger partial charge in [-0.15, -0.1) is 0 Å². The molecule has 0 amide bonds. The van der Waals surface area contributed by atoms with Crippen LogP contribution in [0.3, 0.4) is 0 Å². The minimum absolute atomic E-state index is 0.540. The van der Waals surface area contributed by atoms with Gasteiger partial charge in [0.25, 0.3) is 0 Å². The Morgan fingerprint density at radius 3 is 2.86 bits per heavy atom. The predicted molar refractivity (Wildman–Crippen MR) is 54.0 cm³/mol. The minimum atomic E-state index is 0.540. The van der Waals surface area contributed by atoms with Gasteiger partial charge in [0.1, 0.15) is 6.29 Å². The normalized spacial score (nSPS) is 10.1. The van der Waals surface area contributed by atoms with Crippen molar-refractivity contribution in [2.24, 2.45) is 0 Å². The molecule has 1 aromatic heterocycles. The Hall–Kier alpha value is -1.61. The third-order valence-corrected chi connectivity index (χ3v) is 2.06. The highest BCUT2D eigenvalue weighted by atomic mass is 35.5. The summed E-state index contributed by atoms with van der Waals surface area (Å²) in [5.41, 5.74) is 1.39. The number of aldehydes is 1. The molecule has 0 fully saturated rings. The van der Waals surface area contributed by atoms with Gasteiger partial charge in [0.05, 0.1) is 6.33 Å². The zero-order valence-corrected chi connectivity index (χ0v) is 7.98. The summed E-state index contributed by atoms with van der Waals surface area (Å²) >= 11 is 5.85. The lowest BCUT2D eigenvalue weighted by atomic mass is 10.2. The molecule has 2 aromatic rings. The van der Waals surface area contributed by atoms with E-state index in [2.05, 4.69) is 4.98 Å². The topological polar surface area (TPSA) is 34.9 Å². The Morgan fingerprint density at radius 2 is 2.21 bits per heavy atom. The van der Waals surface area contributed by atoms with Crippen molar-refractivity contribution in [2.45, 2.75) is 0 Å². The van der Waals surface area contributed by atoms with E-state index in [0.717, 1.165) is 12.0 Å². The van der Waals surface area contributed by atoms with E-state index in [9.17, 15) is 4.79 Å². The molecule has 0 atom stereocenters. The number of carbonyl (C=O) groups is 1. The van der Waals surface area contributed by atoms with Gasteiger partial charge in [-0.3, -0.25) is 4.79 Å². The van der Waals surface area contributed by atoms with Crippen LogP contribution in [0.25, 0.3) is 5.69 Å². The van der Waals surface area contributed by atoms with Crippen LogP contribution >= 0.6 is 11.6 Å². The Labute approximate surface area is 86.0 Å². The van der Waals surface area contributed by atoms with E-state index in [-0.39, 0.29) is 0 Å². The smallest absolute Gasteiger partial charge is 0.150 e. The summed E-state index contributed by atoms with van der Waals surface area (Å²) in [6.07, 6.45) is 5.88. The molecular weight excluding hydrogens is 200 g/mol. The number of halogens is 1. The first kappa shape index (κ1) is 8.97. The number of hydrogen-bond donors (Lipinski definition) is 0. The molecule has 0 aliphatic heterocycles. The van der Waals surface area contributed by atoms with Gasteiger partial charge >= 0.3 is 0 Å². The lowest BCUT2D eigenvalue weighted by Gasteiger charge is -2.03. The van der Waals surface area contributed by atoms with Crippen molar-refractivity contribution in [2.75, 3.05) is 0 Å². The van der Waals surface area contributed by atoms with Gasteiger partial charge in [-0.05, 0) is 18.2 Å². The van der Waals surface area contributed by atoms with Crippen LogP contribution in [0.4, 0.5) is 0 Å². The van der Waals surface area contributed by atoms with Crippen LogP contribution in [0.2, 0.25) is 5.02 Å². The highest BCUT2D eigenvalue weighted by Crippen LogP contribution is 2.17. The van der Waals surface area contributed by atoms with Gasteiger partial charge in [0.15, 0.2) is 0 Å². The van der Waals surface area contributed by atoms with Crippen LogP contribution in [0.15, 0.2) is 36.9 Å². The van der Waals surface area contributed by atoms with Crippen molar-refractivity contribution < 1.29 is 4.79 Å². The first-order valence-corrected chi connectivity index (χ1v) is 4.41. The van der Waals surface area contributed by atoms with E-state index in [1.54, 1.807) is 41.5 Å². The summed E-state index contributed by atoms with van der Waals surface area (Å²) in [7, 11) is 0. The number of benzene rings is 1. The zero-order valence-electron chi connectivity index (χ0n) is 7.22. The molecule has 0 N–H and O–H groups in total. The van der Waals surface area contributed by atoms with E-state index in [4.69, 9.17) is 11.6 Å². The molecule has 0 aliphatic rings. The lowest BCUT2D eigenvalue weighted by Crippen LogP contribution is -1.91. The third-order valence-electron chi connectivity index (χ3n) is 1.84. The second-order valence-electron chi connectivity index (χ2n) is 2.83. The Balaban J connectivity index is 2.54. The SMILES string of the molecule is O=Cc1cc(Cl)cc(-n2ccnc2)c1. The minimum Gasteiger partial charge on any atom is -0.306 e. The average Bonchev–Trinajstić information content (AvgIpc) is 2.69. The van der Waals surface area contributed by atoms with E-state index < -0.39 is 0 Å². The molecule has 0 bridgehead atoms. The quantitative estimate of drug-likeness (QED) is 0.707. The van der Waals surface area contributed by atoms with Gasteiger partial charge < -0.3 is 4.57 Å². The van der Waals surface area contributed by atoms with Crippen molar-refractivity contribution >= 4 is 17.9 Å². The van der Waals surface area contributed by atoms with Crippen LogP contribution in [0, 0.1) is 0 Å². The summed E-state index contributed by atoms with van der Waals surface area (Å²) in [5.74, 6) is 0. The fraction of sp³-hybridized carbons (Fsp3) is 0. The van der Waals surface area contributed by atoms with Gasteiger partial charge in [-0.2, -0.15) is 0 Å². The van der Waals surface area contributed by atoms with Gasteiger partial charge in [0, 0.05) is 28.7 Å². The first-order chi connectivity index (χ1) is 6.79. The van der Waals surface area contributed by atoms with E-state index in [1.807, 2.05) is 0 Å². The molecule has 0 unspecified atom stereocenters. The third kappa shape index (κ3) is 1.67. The number of nitrogens with zero attached hydrogens (tertiary/aromatic N) is 2. The summed E-state index contributed by atoms with van der Waals surface area (Å²) in [6.45, 7) is 0. The molecule has 1 aromatic carbocycles. The average molecular weight is 207 g/mol. The van der Waals surface area contributed by atoms with Gasteiger partial charge in [0.2, 0.25) is 0 Å². The monoisotopic (exact) mass is 206 g/mol. The Kier molecular flexibility index (Phi) is 2.33. The summed E-state index contributed by atoms with van der Waals surface area (Å²) < 4.78 is 1.79. The summed E-state index contributed by atoms with van der Waals surface area (Å²) in [5, 5.41) is 0.540. The molecular formula is C10H7ClN2O.